The molecule has 0 saturated heterocycles. The van der Waals surface area contributed by atoms with Gasteiger partial charge in [-0.3, -0.25) is 4.79 Å². The van der Waals surface area contributed by atoms with Crippen molar-refractivity contribution in [1.29, 1.82) is 0 Å². The fourth-order valence-electron chi connectivity index (χ4n) is 2.93. The zero-order chi connectivity index (χ0) is 15.9. The minimum Gasteiger partial charge on any atom is -0.481 e. The number of rotatable bonds is 6. The van der Waals surface area contributed by atoms with Crippen LogP contribution in [0.15, 0.2) is 36.4 Å². The van der Waals surface area contributed by atoms with Crippen molar-refractivity contribution in [2.45, 2.75) is 44.6 Å². The maximum atomic E-state index is 12.1. The second-order valence-corrected chi connectivity index (χ2v) is 5.59. The summed E-state index contributed by atoms with van der Waals surface area (Å²) in [5.74, 6) is 0.252. The monoisotopic (exact) mass is 310 g/mol. The van der Waals surface area contributed by atoms with Gasteiger partial charge in [0.1, 0.15) is 5.75 Å². The average Bonchev–Trinajstić information content (AvgIpc) is 2.48. The first kappa shape index (κ1) is 16.5. The lowest BCUT2D eigenvalue weighted by molar-refractivity contribution is -0.136. The molecule has 1 N–H and O–H groups in total. The van der Waals surface area contributed by atoms with E-state index in [1.54, 1.807) is 18.2 Å². The van der Waals surface area contributed by atoms with Crippen molar-refractivity contribution < 1.29 is 23.4 Å². The van der Waals surface area contributed by atoms with Crippen LogP contribution >= 0.6 is 0 Å². The van der Waals surface area contributed by atoms with Gasteiger partial charge >= 0.3 is 12.6 Å². The van der Waals surface area contributed by atoms with Crippen molar-refractivity contribution >= 4 is 5.97 Å². The molecule has 1 aliphatic carbocycles. The first-order valence-corrected chi connectivity index (χ1v) is 7.48. The van der Waals surface area contributed by atoms with Crippen LogP contribution in [-0.2, 0) is 4.79 Å². The van der Waals surface area contributed by atoms with Gasteiger partial charge in [-0.2, -0.15) is 8.78 Å². The minimum absolute atomic E-state index is 0.0749. The molecule has 0 aliphatic heterocycles. The van der Waals surface area contributed by atoms with Gasteiger partial charge in [-0.25, -0.2) is 0 Å². The highest BCUT2D eigenvalue weighted by molar-refractivity contribution is 5.68. The van der Waals surface area contributed by atoms with Crippen molar-refractivity contribution in [2.24, 2.45) is 5.92 Å². The number of carboxylic acid groups (broad SMARTS) is 1. The number of carbonyl (C=O) groups is 1. The molecule has 0 radical (unpaired) electrons. The number of ether oxygens (including phenoxy) is 1. The molecule has 0 amide bonds. The van der Waals surface area contributed by atoms with Crippen molar-refractivity contribution in [1.82, 2.24) is 0 Å². The molecule has 0 bridgehead atoms. The van der Waals surface area contributed by atoms with Crippen LogP contribution in [-0.4, -0.2) is 17.7 Å². The third-order valence-corrected chi connectivity index (χ3v) is 4.05. The summed E-state index contributed by atoms with van der Waals surface area (Å²) in [7, 11) is 0. The summed E-state index contributed by atoms with van der Waals surface area (Å²) in [6, 6.07) is 6.87. The standard InChI is InChI=1S/C17H20F2O3/c18-17(19)22-15-10-8-14(9-11-15)13-6-4-12(5-7-13)2-1-3-16(20)21/h1-2,8-13,17H,3-7H2,(H,20,21). The van der Waals surface area contributed by atoms with Gasteiger partial charge in [0.25, 0.3) is 0 Å². The average molecular weight is 310 g/mol. The Bertz CT molecular complexity index is 503. The highest BCUT2D eigenvalue weighted by atomic mass is 19.3. The lowest BCUT2D eigenvalue weighted by Gasteiger charge is -2.27. The molecular weight excluding hydrogens is 290 g/mol. The van der Waals surface area contributed by atoms with Gasteiger partial charge in [0, 0.05) is 0 Å². The second-order valence-electron chi connectivity index (χ2n) is 5.59. The second kappa shape index (κ2) is 7.92. The Balaban J connectivity index is 1.83. The number of aliphatic carboxylic acids is 1. The third kappa shape index (κ3) is 5.13. The number of allylic oxidation sites excluding steroid dienone is 1. The van der Waals surface area contributed by atoms with Crippen molar-refractivity contribution in [3.8, 4) is 5.75 Å². The minimum atomic E-state index is -2.79. The molecule has 120 valence electrons. The van der Waals surface area contributed by atoms with Gasteiger partial charge in [0.15, 0.2) is 0 Å². The molecule has 2 rings (SSSR count). The van der Waals surface area contributed by atoms with E-state index in [9.17, 15) is 13.6 Å². The molecule has 3 nitrogen and oxygen atoms in total. The van der Waals surface area contributed by atoms with Crippen LogP contribution in [0.2, 0.25) is 0 Å². The lowest BCUT2D eigenvalue weighted by Crippen LogP contribution is -2.12. The van der Waals surface area contributed by atoms with E-state index in [1.165, 1.54) is 0 Å². The predicted octanol–water partition coefficient (Wildman–Crippen LogP) is 4.59. The van der Waals surface area contributed by atoms with E-state index in [0.717, 1.165) is 31.2 Å². The van der Waals surface area contributed by atoms with Crippen LogP contribution in [0.1, 0.15) is 43.6 Å². The number of carboxylic acids is 1. The van der Waals surface area contributed by atoms with Crippen molar-refractivity contribution in [3.05, 3.63) is 42.0 Å². The SMILES string of the molecule is O=C(O)CC=CC1CCC(c2ccc(OC(F)F)cc2)CC1. The molecule has 5 heteroatoms. The summed E-state index contributed by atoms with van der Waals surface area (Å²) in [6.07, 6.45) is 7.90. The zero-order valence-corrected chi connectivity index (χ0v) is 12.3. The van der Waals surface area contributed by atoms with Gasteiger partial charge in [-0.05, 0) is 55.2 Å². The molecule has 0 atom stereocenters. The van der Waals surface area contributed by atoms with Gasteiger partial charge < -0.3 is 9.84 Å². The quantitative estimate of drug-likeness (QED) is 0.782. The summed E-state index contributed by atoms with van der Waals surface area (Å²) >= 11 is 0. The highest BCUT2D eigenvalue weighted by Crippen LogP contribution is 2.36. The number of alkyl halides is 2. The molecule has 0 spiro atoms. The Morgan fingerprint density at radius 1 is 1.23 bits per heavy atom. The number of hydrogen-bond acceptors (Lipinski definition) is 2. The molecule has 1 aromatic carbocycles. The predicted molar refractivity (Wildman–Crippen MR) is 79.2 cm³/mol. The highest BCUT2D eigenvalue weighted by Gasteiger charge is 2.21. The summed E-state index contributed by atoms with van der Waals surface area (Å²) in [5, 5.41) is 8.60. The fourth-order valence-corrected chi connectivity index (χ4v) is 2.93. The van der Waals surface area contributed by atoms with Gasteiger partial charge in [0.2, 0.25) is 0 Å². The van der Waals surface area contributed by atoms with Crippen LogP contribution in [0.3, 0.4) is 0 Å². The van der Waals surface area contributed by atoms with Crippen LogP contribution in [0, 0.1) is 5.92 Å². The van der Waals surface area contributed by atoms with Crippen LogP contribution in [0.25, 0.3) is 0 Å². The number of hydrogen-bond donors (Lipinski definition) is 1. The Kier molecular flexibility index (Phi) is 5.92. The Labute approximate surface area is 128 Å². The van der Waals surface area contributed by atoms with Crippen molar-refractivity contribution in [2.75, 3.05) is 0 Å². The lowest BCUT2D eigenvalue weighted by atomic mass is 9.78. The number of benzene rings is 1. The van der Waals surface area contributed by atoms with E-state index in [1.807, 2.05) is 18.2 Å². The molecule has 1 aliphatic rings. The molecule has 0 heterocycles. The smallest absolute Gasteiger partial charge is 0.387 e. The van der Waals surface area contributed by atoms with Crippen LogP contribution in [0.4, 0.5) is 8.78 Å². The van der Waals surface area contributed by atoms with E-state index in [0.29, 0.717) is 11.8 Å². The largest absolute Gasteiger partial charge is 0.481 e. The first-order valence-electron chi connectivity index (χ1n) is 7.48. The molecule has 0 aromatic heterocycles. The fraction of sp³-hybridized carbons (Fsp3) is 0.471. The van der Waals surface area contributed by atoms with E-state index in [-0.39, 0.29) is 12.2 Å². The summed E-state index contributed by atoms with van der Waals surface area (Å²) in [5.41, 5.74) is 1.15. The molecule has 22 heavy (non-hydrogen) atoms. The van der Waals surface area contributed by atoms with E-state index in [4.69, 9.17) is 5.11 Å². The summed E-state index contributed by atoms with van der Waals surface area (Å²) in [4.78, 5) is 10.5. The molecule has 1 saturated carbocycles. The van der Waals surface area contributed by atoms with Gasteiger partial charge in [-0.15, -0.1) is 0 Å². The normalized spacial score (nSPS) is 22.1. The molecule has 1 aromatic rings. The molecule has 1 fully saturated rings. The van der Waals surface area contributed by atoms with Gasteiger partial charge in [0.05, 0.1) is 6.42 Å². The Morgan fingerprint density at radius 2 is 1.86 bits per heavy atom. The topological polar surface area (TPSA) is 46.5 Å². The van der Waals surface area contributed by atoms with E-state index < -0.39 is 12.6 Å². The van der Waals surface area contributed by atoms with E-state index >= 15 is 0 Å². The first-order chi connectivity index (χ1) is 10.5. The van der Waals surface area contributed by atoms with E-state index in [2.05, 4.69) is 4.74 Å². The van der Waals surface area contributed by atoms with Crippen molar-refractivity contribution in [3.63, 3.8) is 0 Å². The Hall–Kier alpha value is -1.91. The number of halogens is 2. The zero-order valence-electron chi connectivity index (χ0n) is 12.3. The maximum Gasteiger partial charge on any atom is 0.387 e. The van der Waals surface area contributed by atoms with Gasteiger partial charge in [-0.1, -0.05) is 24.3 Å². The molecule has 0 unspecified atom stereocenters. The van der Waals surface area contributed by atoms with Crippen LogP contribution in [0.5, 0.6) is 5.75 Å². The third-order valence-electron chi connectivity index (χ3n) is 4.05. The molecular formula is C17H20F2O3. The summed E-state index contributed by atoms with van der Waals surface area (Å²) in [6.45, 7) is -2.79. The Morgan fingerprint density at radius 3 is 2.41 bits per heavy atom. The maximum absolute atomic E-state index is 12.1. The summed E-state index contributed by atoms with van der Waals surface area (Å²) < 4.78 is 28.6. The van der Waals surface area contributed by atoms with Crippen LogP contribution < -0.4 is 4.74 Å².